The van der Waals surface area contributed by atoms with Gasteiger partial charge in [-0.15, -0.1) is 0 Å². The summed E-state index contributed by atoms with van der Waals surface area (Å²) in [6, 6.07) is 0. The fraction of sp³-hybridized carbons (Fsp3) is 1.00. The highest BCUT2D eigenvalue weighted by Gasteiger charge is 2.51. The molecule has 1 saturated heterocycles. The summed E-state index contributed by atoms with van der Waals surface area (Å²) in [6.45, 7) is -0.427. The summed E-state index contributed by atoms with van der Waals surface area (Å²) in [5, 5.41) is 35.9. The Morgan fingerprint density at radius 3 is 2.18 bits per heavy atom. The maximum Gasteiger partial charge on any atom is 0.248 e. The number of hydrogen-bond acceptors (Lipinski definition) is 5. The van der Waals surface area contributed by atoms with Gasteiger partial charge in [0.05, 0.1) is 6.61 Å². The number of aliphatic hydroxyl groups excluding tert-OH is 3. The first-order valence-corrected chi connectivity index (χ1v) is 4.13. The maximum absolute atomic E-state index is 9.18. The van der Waals surface area contributed by atoms with Crippen LogP contribution in [0.1, 0.15) is 0 Å². The van der Waals surface area contributed by atoms with E-state index < -0.39 is 28.7 Å². The molecule has 0 aromatic rings. The SMILES string of the molecule is OC[C@H]1O[C@](O)(I)[C@H](O)[C@@H]1O. The highest BCUT2D eigenvalue weighted by molar-refractivity contribution is 14.1. The molecule has 1 fully saturated rings. The third-order valence-corrected chi connectivity index (χ3v) is 2.46. The van der Waals surface area contributed by atoms with Gasteiger partial charge < -0.3 is 25.2 Å². The molecule has 0 aliphatic carbocycles. The van der Waals surface area contributed by atoms with Crippen molar-refractivity contribution in [3.63, 3.8) is 0 Å². The molecule has 0 aromatic carbocycles. The van der Waals surface area contributed by atoms with Crippen LogP contribution >= 0.6 is 22.6 Å². The minimum atomic E-state index is -1.79. The standard InChI is InChI=1S/C5H9IO5/c6-5(10)4(9)3(8)2(1-7)11-5/h2-4,7-10H,1H2/t2-,3-,4-,5+/m1/s1. The summed E-state index contributed by atoms with van der Waals surface area (Å²) in [4.78, 5) is 0. The predicted octanol–water partition coefficient (Wildman–Crippen LogP) is -1.82. The van der Waals surface area contributed by atoms with Gasteiger partial charge in [0.25, 0.3) is 0 Å². The van der Waals surface area contributed by atoms with E-state index in [9.17, 15) is 5.11 Å². The van der Waals surface area contributed by atoms with Crippen LogP contribution in [-0.2, 0) is 4.74 Å². The topological polar surface area (TPSA) is 90.2 Å². The number of halogens is 1. The predicted molar refractivity (Wildman–Crippen MR) is 42.9 cm³/mol. The Morgan fingerprint density at radius 2 is 2.00 bits per heavy atom. The van der Waals surface area contributed by atoms with E-state index in [2.05, 4.69) is 0 Å². The number of hydrogen-bond donors (Lipinski definition) is 4. The summed E-state index contributed by atoms with van der Waals surface area (Å²) in [6.07, 6.45) is -3.52. The van der Waals surface area contributed by atoms with Crippen LogP contribution in [0.15, 0.2) is 0 Å². The van der Waals surface area contributed by atoms with Crippen molar-refractivity contribution >= 4 is 22.6 Å². The largest absolute Gasteiger partial charge is 0.394 e. The van der Waals surface area contributed by atoms with E-state index in [1.54, 1.807) is 0 Å². The van der Waals surface area contributed by atoms with E-state index in [0.29, 0.717) is 0 Å². The third-order valence-electron chi connectivity index (χ3n) is 1.57. The number of ether oxygens (including phenoxy) is 1. The molecule has 0 unspecified atom stereocenters. The van der Waals surface area contributed by atoms with E-state index in [1.807, 2.05) is 0 Å². The van der Waals surface area contributed by atoms with Crippen molar-refractivity contribution in [3.05, 3.63) is 0 Å². The van der Waals surface area contributed by atoms with Gasteiger partial charge in [0.1, 0.15) is 18.3 Å². The van der Waals surface area contributed by atoms with E-state index in [0.717, 1.165) is 0 Å². The lowest BCUT2D eigenvalue weighted by molar-refractivity contribution is -0.147. The summed E-state index contributed by atoms with van der Waals surface area (Å²) in [5.41, 5.74) is 0. The van der Waals surface area contributed by atoms with E-state index >= 15 is 0 Å². The molecule has 1 aliphatic heterocycles. The van der Waals surface area contributed by atoms with E-state index in [1.165, 1.54) is 22.6 Å². The van der Waals surface area contributed by atoms with Gasteiger partial charge in [-0.1, -0.05) is 0 Å². The first kappa shape index (κ1) is 9.62. The van der Waals surface area contributed by atoms with Crippen molar-refractivity contribution in [1.82, 2.24) is 0 Å². The molecule has 0 radical (unpaired) electrons. The molecule has 0 bridgehead atoms. The van der Waals surface area contributed by atoms with Crippen LogP contribution in [-0.4, -0.2) is 49.1 Å². The molecule has 11 heavy (non-hydrogen) atoms. The molecule has 4 atom stereocenters. The van der Waals surface area contributed by atoms with Crippen LogP contribution in [0.3, 0.4) is 0 Å². The molecular formula is C5H9IO5. The van der Waals surface area contributed by atoms with Crippen LogP contribution in [0, 0.1) is 0 Å². The molecule has 6 heteroatoms. The third kappa shape index (κ3) is 1.65. The molecule has 0 aromatic heterocycles. The number of rotatable bonds is 1. The lowest BCUT2D eigenvalue weighted by Gasteiger charge is -2.17. The minimum absolute atomic E-state index is 0.427. The fourth-order valence-corrected chi connectivity index (χ4v) is 1.61. The number of alkyl halides is 1. The Labute approximate surface area is 76.7 Å². The highest BCUT2D eigenvalue weighted by atomic mass is 127. The number of aliphatic hydroxyl groups is 4. The molecule has 1 aliphatic rings. The van der Waals surface area contributed by atoms with Gasteiger partial charge in [-0.3, -0.25) is 0 Å². The van der Waals surface area contributed by atoms with E-state index in [4.69, 9.17) is 20.1 Å². The molecule has 5 nitrogen and oxygen atoms in total. The Hall–Kier alpha value is 0.530. The summed E-state index contributed by atoms with van der Waals surface area (Å²) < 4.78 is 2.93. The van der Waals surface area contributed by atoms with Crippen molar-refractivity contribution in [2.24, 2.45) is 0 Å². The van der Waals surface area contributed by atoms with Gasteiger partial charge in [0, 0.05) is 0 Å². The second-order valence-electron chi connectivity index (χ2n) is 2.38. The monoisotopic (exact) mass is 276 g/mol. The van der Waals surface area contributed by atoms with Crippen LogP contribution in [0.4, 0.5) is 0 Å². The second kappa shape index (κ2) is 3.11. The fourth-order valence-electron chi connectivity index (χ4n) is 0.911. The average Bonchev–Trinajstić information content (AvgIpc) is 2.13. The highest BCUT2D eigenvalue weighted by Crippen LogP contribution is 2.34. The summed E-state index contributed by atoms with van der Waals surface area (Å²) in [5.74, 6) is 0. The first-order chi connectivity index (χ1) is 4.99. The van der Waals surface area contributed by atoms with Crippen LogP contribution in [0.2, 0.25) is 0 Å². The molecule has 66 valence electrons. The van der Waals surface area contributed by atoms with E-state index in [-0.39, 0.29) is 0 Å². The van der Waals surface area contributed by atoms with Crippen LogP contribution in [0.25, 0.3) is 0 Å². The van der Waals surface area contributed by atoms with Crippen LogP contribution in [0.5, 0.6) is 0 Å². The van der Waals surface area contributed by atoms with Crippen molar-refractivity contribution < 1.29 is 25.2 Å². The average molecular weight is 276 g/mol. The normalized spacial score (nSPS) is 51.5. The van der Waals surface area contributed by atoms with Gasteiger partial charge in [0.2, 0.25) is 3.79 Å². The van der Waals surface area contributed by atoms with Crippen molar-refractivity contribution in [2.45, 2.75) is 22.1 Å². The molecule has 1 heterocycles. The van der Waals surface area contributed by atoms with Crippen molar-refractivity contribution in [1.29, 1.82) is 0 Å². The zero-order chi connectivity index (χ0) is 8.65. The van der Waals surface area contributed by atoms with Gasteiger partial charge >= 0.3 is 0 Å². The smallest absolute Gasteiger partial charge is 0.248 e. The zero-order valence-corrected chi connectivity index (χ0v) is 7.67. The van der Waals surface area contributed by atoms with Gasteiger partial charge in [-0.2, -0.15) is 0 Å². The Balaban J connectivity index is 2.69. The molecule has 0 saturated carbocycles. The lowest BCUT2D eigenvalue weighted by atomic mass is 10.1. The van der Waals surface area contributed by atoms with Crippen molar-refractivity contribution in [2.75, 3.05) is 6.61 Å². The second-order valence-corrected chi connectivity index (χ2v) is 3.93. The first-order valence-electron chi connectivity index (χ1n) is 3.05. The summed E-state index contributed by atoms with van der Waals surface area (Å²) >= 11 is 1.46. The maximum atomic E-state index is 9.18. The minimum Gasteiger partial charge on any atom is -0.394 e. The van der Waals surface area contributed by atoms with Crippen molar-refractivity contribution in [3.8, 4) is 0 Å². The molecule has 0 amide bonds. The van der Waals surface area contributed by atoms with Crippen LogP contribution < -0.4 is 0 Å². The lowest BCUT2D eigenvalue weighted by Crippen LogP contribution is -2.38. The zero-order valence-electron chi connectivity index (χ0n) is 5.51. The molecule has 0 spiro atoms. The Morgan fingerprint density at radius 1 is 1.45 bits per heavy atom. The molecule has 4 N–H and O–H groups in total. The van der Waals surface area contributed by atoms with Gasteiger partial charge in [0.15, 0.2) is 0 Å². The molecule has 1 rings (SSSR count). The summed E-state index contributed by atoms with van der Waals surface area (Å²) in [7, 11) is 0. The van der Waals surface area contributed by atoms with Gasteiger partial charge in [-0.05, 0) is 22.6 Å². The quantitative estimate of drug-likeness (QED) is 0.334. The van der Waals surface area contributed by atoms with Gasteiger partial charge in [-0.25, -0.2) is 0 Å². The Bertz CT molecular complexity index is 150. The Kier molecular flexibility index (Phi) is 2.72. The molecular weight excluding hydrogens is 267 g/mol.